The van der Waals surface area contributed by atoms with E-state index in [1.807, 2.05) is 62.4 Å². The Morgan fingerprint density at radius 3 is 2.55 bits per heavy atom. The average Bonchev–Trinajstić information content (AvgIpc) is 3.14. The molecule has 5 nitrogen and oxygen atoms in total. The average molecular weight is 525 g/mol. The molecule has 0 fully saturated rings. The zero-order chi connectivity index (χ0) is 19.9. The molecule has 2 aromatic carbocycles. The van der Waals surface area contributed by atoms with Crippen molar-refractivity contribution in [2.24, 2.45) is 4.99 Å². The predicted molar refractivity (Wildman–Crippen MR) is 132 cm³/mol. The summed E-state index contributed by atoms with van der Waals surface area (Å²) in [5.41, 5.74) is 1.98. The lowest BCUT2D eigenvalue weighted by Crippen LogP contribution is -2.39. The molecule has 2 atom stereocenters. The molecule has 0 aliphatic carbocycles. The predicted octanol–water partition coefficient (Wildman–Crippen LogP) is 4.15. The van der Waals surface area contributed by atoms with Crippen LogP contribution in [0.1, 0.15) is 35.1 Å². The molecule has 1 heterocycles. The number of guanidine groups is 1. The Hall–Kier alpha value is -1.68. The van der Waals surface area contributed by atoms with Gasteiger partial charge in [0.05, 0.1) is 12.6 Å². The third-order valence-electron chi connectivity index (χ3n) is 4.43. The first-order valence-electron chi connectivity index (χ1n) is 9.50. The summed E-state index contributed by atoms with van der Waals surface area (Å²) in [5.74, 6) is 0.578. The minimum Gasteiger partial charge on any atom is -0.387 e. The maximum Gasteiger partial charge on any atom is 0.191 e. The Morgan fingerprint density at radius 2 is 1.83 bits per heavy atom. The molecular formula is C22H28IN3O2S. The number of aryl methyl sites for hydroxylation is 1. The van der Waals surface area contributed by atoms with E-state index in [9.17, 15) is 10.2 Å². The van der Waals surface area contributed by atoms with E-state index >= 15 is 0 Å². The van der Waals surface area contributed by atoms with E-state index in [1.54, 1.807) is 11.3 Å². The lowest BCUT2D eigenvalue weighted by atomic mass is 10.1. The number of halogens is 1. The van der Waals surface area contributed by atoms with Crippen LogP contribution >= 0.6 is 35.3 Å². The minimum absolute atomic E-state index is 0. The highest BCUT2D eigenvalue weighted by Crippen LogP contribution is 2.29. The summed E-state index contributed by atoms with van der Waals surface area (Å²) >= 11 is 1.59. The zero-order valence-electron chi connectivity index (χ0n) is 16.6. The monoisotopic (exact) mass is 525 g/mol. The molecule has 7 heteroatoms. The number of aliphatic hydroxyl groups is 2. The molecule has 0 saturated heterocycles. The van der Waals surface area contributed by atoms with Gasteiger partial charge in [0.25, 0.3) is 0 Å². The van der Waals surface area contributed by atoms with Crippen molar-refractivity contribution in [1.82, 2.24) is 10.6 Å². The molecule has 1 aromatic heterocycles. The fraction of sp³-hybridized carbons (Fsp3) is 0.318. The lowest BCUT2D eigenvalue weighted by Gasteiger charge is -2.16. The van der Waals surface area contributed by atoms with Crippen molar-refractivity contribution >= 4 is 51.4 Å². The third-order valence-corrected chi connectivity index (χ3v) is 5.65. The van der Waals surface area contributed by atoms with Crippen molar-refractivity contribution in [3.63, 3.8) is 0 Å². The second-order valence-electron chi connectivity index (χ2n) is 6.73. The normalized spacial score (nSPS) is 13.6. The first-order valence-corrected chi connectivity index (χ1v) is 10.3. The Morgan fingerprint density at radius 1 is 1.03 bits per heavy atom. The van der Waals surface area contributed by atoms with E-state index in [0.717, 1.165) is 26.1 Å². The molecule has 0 amide bonds. The van der Waals surface area contributed by atoms with Gasteiger partial charge < -0.3 is 20.8 Å². The molecule has 0 aliphatic heterocycles. The van der Waals surface area contributed by atoms with Crippen molar-refractivity contribution < 1.29 is 10.2 Å². The van der Waals surface area contributed by atoms with Crippen LogP contribution in [0.2, 0.25) is 0 Å². The highest BCUT2D eigenvalue weighted by molar-refractivity contribution is 14.0. The first-order chi connectivity index (χ1) is 13.6. The van der Waals surface area contributed by atoms with Crippen LogP contribution in [-0.4, -0.2) is 35.8 Å². The van der Waals surface area contributed by atoms with Gasteiger partial charge in [-0.25, -0.2) is 0 Å². The molecular weight excluding hydrogens is 497 g/mol. The van der Waals surface area contributed by atoms with Crippen LogP contribution in [0.25, 0.3) is 10.1 Å². The molecule has 0 radical (unpaired) electrons. The molecule has 3 aromatic rings. The first kappa shape index (κ1) is 23.6. The van der Waals surface area contributed by atoms with Gasteiger partial charge in [-0.05, 0) is 36.9 Å². The van der Waals surface area contributed by atoms with E-state index in [4.69, 9.17) is 0 Å². The summed E-state index contributed by atoms with van der Waals surface area (Å²) in [7, 11) is 0. The molecule has 0 spiro atoms. The van der Waals surface area contributed by atoms with Gasteiger partial charge in [-0.15, -0.1) is 35.3 Å². The topological polar surface area (TPSA) is 76.9 Å². The third kappa shape index (κ3) is 6.67. The number of rotatable bonds is 7. The van der Waals surface area contributed by atoms with Crippen molar-refractivity contribution in [1.29, 1.82) is 0 Å². The number of hydrogen-bond donors (Lipinski definition) is 4. The van der Waals surface area contributed by atoms with Crippen molar-refractivity contribution in [3.05, 3.63) is 70.6 Å². The summed E-state index contributed by atoms with van der Waals surface area (Å²) in [5, 5.41) is 28.4. The van der Waals surface area contributed by atoms with Gasteiger partial charge in [-0.1, -0.05) is 48.0 Å². The van der Waals surface area contributed by atoms with Gasteiger partial charge in [0.1, 0.15) is 6.10 Å². The number of hydrogen-bond acceptors (Lipinski definition) is 4. The van der Waals surface area contributed by atoms with Crippen LogP contribution in [0.4, 0.5) is 0 Å². The van der Waals surface area contributed by atoms with Crippen LogP contribution in [0.15, 0.2) is 59.6 Å². The highest BCUT2D eigenvalue weighted by Gasteiger charge is 2.12. The van der Waals surface area contributed by atoms with Gasteiger partial charge in [-0.2, -0.15) is 0 Å². The Bertz CT molecular complexity index is 911. The van der Waals surface area contributed by atoms with E-state index in [-0.39, 0.29) is 30.5 Å². The number of aliphatic imine (C=N–C) groups is 1. The second kappa shape index (κ2) is 11.5. The van der Waals surface area contributed by atoms with Gasteiger partial charge in [-0.3, -0.25) is 4.99 Å². The molecule has 2 unspecified atom stereocenters. The van der Waals surface area contributed by atoms with E-state index < -0.39 is 12.2 Å². The van der Waals surface area contributed by atoms with Crippen LogP contribution in [0, 0.1) is 6.92 Å². The number of fused-ring (bicyclic) bond motifs is 1. The van der Waals surface area contributed by atoms with E-state index in [0.29, 0.717) is 19.0 Å². The second-order valence-corrected chi connectivity index (χ2v) is 7.85. The summed E-state index contributed by atoms with van der Waals surface area (Å²) in [6, 6.07) is 17.9. The maximum atomic E-state index is 10.5. The summed E-state index contributed by atoms with van der Waals surface area (Å²) in [4.78, 5) is 5.39. The quantitative estimate of drug-likeness (QED) is 0.213. The van der Waals surface area contributed by atoms with Crippen LogP contribution in [0.5, 0.6) is 0 Å². The zero-order valence-corrected chi connectivity index (χ0v) is 19.8. The molecule has 4 N–H and O–H groups in total. The fourth-order valence-corrected chi connectivity index (χ4v) is 4.01. The van der Waals surface area contributed by atoms with E-state index in [2.05, 4.69) is 21.7 Å². The Labute approximate surface area is 192 Å². The number of benzene rings is 2. The number of nitrogens with one attached hydrogen (secondary N) is 2. The Kier molecular flexibility index (Phi) is 9.35. The summed E-state index contributed by atoms with van der Waals surface area (Å²) in [6.45, 7) is 5.28. The van der Waals surface area contributed by atoms with Crippen molar-refractivity contribution in [2.75, 3.05) is 19.6 Å². The molecule has 3 rings (SSSR count). The van der Waals surface area contributed by atoms with Gasteiger partial charge >= 0.3 is 0 Å². The lowest BCUT2D eigenvalue weighted by molar-refractivity contribution is 0.180. The van der Waals surface area contributed by atoms with Crippen molar-refractivity contribution in [2.45, 2.75) is 26.1 Å². The maximum absolute atomic E-state index is 10.5. The van der Waals surface area contributed by atoms with Crippen LogP contribution in [0.3, 0.4) is 0 Å². The fourth-order valence-electron chi connectivity index (χ4n) is 2.96. The van der Waals surface area contributed by atoms with Gasteiger partial charge in [0.15, 0.2) is 5.96 Å². The molecule has 156 valence electrons. The van der Waals surface area contributed by atoms with Gasteiger partial charge in [0.2, 0.25) is 0 Å². The molecule has 0 bridgehead atoms. The van der Waals surface area contributed by atoms with Gasteiger partial charge in [0, 0.05) is 22.7 Å². The molecule has 0 saturated carbocycles. The van der Waals surface area contributed by atoms with E-state index in [1.165, 1.54) is 0 Å². The molecule has 29 heavy (non-hydrogen) atoms. The largest absolute Gasteiger partial charge is 0.387 e. The summed E-state index contributed by atoms with van der Waals surface area (Å²) in [6.07, 6.45) is -1.29. The SMILES string of the molecule is CCNC(=NCC(O)c1cc2ccccc2s1)NCC(O)c1cccc(C)c1.I. The van der Waals surface area contributed by atoms with Crippen LogP contribution in [-0.2, 0) is 0 Å². The Balaban J connectivity index is 0.00000300. The minimum atomic E-state index is -0.658. The highest BCUT2D eigenvalue weighted by atomic mass is 127. The summed E-state index contributed by atoms with van der Waals surface area (Å²) < 4.78 is 1.16. The number of nitrogens with zero attached hydrogens (tertiary/aromatic N) is 1. The standard InChI is InChI=1S/C22H27N3O2S.HI/c1-3-23-22(24-13-18(26)16-9-6-7-15(2)11-16)25-14-19(27)21-12-17-8-4-5-10-20(17)28-21;/h4-12,18-19,26-27H,3,13-14H2,1-2H3,(H2,23,24,25);1H. The number of aliphatic hydroxyl groups excluding tert-OH is 2. The number of thiophene rings is 1. The van der Waals surface area contributed by atoms with Crippen LogP contribution < -0.4 is 10.6 Å². The van der Waals surface area contributed by atoms with Crippen molar-refractivity contribution in [3.8, 4) is 0 Å². The molecule has 0 aliphatic rings. The smallest absolute Gasteiger partial charge is 0.191 e.